The van der Waals surface area contributed by atoms with Gasteiger partial charge in [-0.05, 0) is 5.56 Å². The molecule has 0 aliphatic carbocycles. The van der Waals surface area contributed by atoms with Crippen molar-refractivity contribution in [2.24, 2.45) is 11.8 Å². The molecule has 3 nitrogen and oxygen atoms in total. The Morgan fingerprint density at radius 3 is 2.72 bits per heavy atom. The van der Waals surface area contributed by atoms with Crippen LogP contribution >= 0.6 is 0 Å². The van der Waals surface area contributed by atoms with Gasteiger partial charge in [-0.1, -0.05) is 30.3 Å². The molecule has 1 saturated heterocycles. The van der Waals surface area contributed by atoms with Gasteiger partial charge in [0.2, 0.25) is 6.43 Å². The Bertz CT molecular complexity index is 397. The van der Waals surface area contributed by atoms with Gasteiger partial charge in [0.05, 0.1) is 5.92 Å². The Morgan fingerprint density at radius 2 is 2.06 bits per heavy atom. The summed E-state index contributed by atoms with van der Waals surface area (Å²) >= 11 is 0. The van der Waals surface area contributed by atoms with Gasteiger partial charge in [0.1, 0.15) is 6.61 Å². The first-order chi connectivity index (χ1) is 8.68. The molecule has 1 aromatic carbocycles. The Morgan fingerprint density at radius 1 is 1.33 bits per heavy atom. The van der Waals surface area contributed by atoms with Crippen LogP contribution in [0.15, 0.2) is 30.3 Å². The Kier molecular flexibility index (Phi) is 4.25. The zero-order valence-corrected chi connectivity index (χ0v) is 9.81. The monoisotopic (exact) mass is 255 g/mol. The molecule has 0 radical (unpaired) electrons. The van der Waals surface area contributed by atoms with Crippen LogP contribution in [0.3, 0.4) is 0 Å². The summed E-state index contributed by atoms with van der Waals surface area (Å²) in [5.74, 6) is -2.23. The number of hydrogen-bond acceptors (Lipinski definition) is 3. The molecule has 2 atom stereocenters. The fourth-order valence-electron chi connectivity index (χ4n) is 2.06. The molecule has 18 heavy (non-hydrogen) atoms. The van der Waals surface area contributed by atoms with Gasteiger partial charge < -0.3 is 10.1 Å². The largest absolute Gasteiger partial charge is 0.461 e. The van der Waals surface area contributed by atoms with Crippen LogP contribution < -0.4 is 5.32 Å². The van der Waals surface area contributed by atoms with Gasteiger partial charge in [-0.25, -0.2) is 8.78 Å². The number of carbonyl (C=O) groups is 1. The topological polar surface area (TPSA) is 38.3 Å². The lowest BCUT2D eigenvalue weighted by atomic mass is 9.97. The number of halogens is 2. The molecule has 0 aromatic heterocycles. The Labute approximate surface area is 104 Å². The third-order valence-corrected chi connectivity index (χ3v) is 3.11. The SMILES string of the molecule is O=C(OCc1ccccc1)[C@@H]1CNC[C@H]1C(F)F. The van der Waals surface area contributed by atoms with Crippen LogP contribution in [-0.4, -0.2) is 25.5 Å². The molecule has 0 spiro atoms. The van der Waals surface area contributed by atoms with E-state index in [0.717, 1.165) is 5.56 Å². The van der Waals surface area contributed by atoms with Gasteiger partial charge in [0.25, 0.3) is 0 Å². The summed E-state index contributed by atoms with van der Waals surface area (Å²) in [5, 5.41) is 2.80. The zero-order chi connectivity index (χ0) is 13.0. The first kappa shape index (κ1) is 13.0. The molecule has 1 fully saturated rings. The number of hydrogen-bond donors (Lipinski definition) is 1. The number of esters is 1. The van der Waals surface area contributed by atoms with E-state index in [4.69, 9.17) is 4.74 Å². The van der Waals surface area contributed by atoms with Crippen LogP contribution in [0.5, 0.6) is 0 Å². The van der Waals surface area contributed by atoms with Crippen molar-refractivity contribution in [1.29, 1.82) is 0 Å². The maximum atomic E-state index is 12.7. The molecule has 0 amide bonds. The van der Waals surface area contributed by atoms with E-state index in [1.54, 1.807) is 0 Å². The lowest BCUT2D eigenvalue weighted by molar-refractivity contribution is -0.152. The summed E-state index contributed by atoms with van der Waals surface area (Å²) in [6.45, 7) is 0.567. The molecule has 1 aliphatic heterocycles. The molecule has 2 rings (SSSR count). The number of nitrogens with one attached hydrogen (secondary N) is 1. The van der Waals surface area contributed by atoms with E-state index in [-0.39, 0.29) is 19.7 Å². The zero-order valence-electron chi connectivity index (χ0n) is 9.81. The number of ether oxygens (including phenoxy) is 1. The van der Waals surface area contributed by atoms with Crippen molar-refractivity contribution >= 4 is 5.97 Å². The van der Waals surface area contributed by atoms with Gasteiger partial charge >= 0.3 is 5.97 Å². The Balaban J connectivity index is 1.88. The van der Waals surface area contributed by atoms with Crippen molar-refractivity contribution in [3.63, 3.8) is 0 Å². The molecule has 0 bridgehead atoms. The van der Waals surface area contributed by atoms with Crippen molar-refractivity contribution in [2.75, 3.05) is 13.1 Å². The summed E-state index contributed by atoms with van der Waals surface area (Å²) in [7, 11) is 0. The minimum Gasteiger partial charge on any atom is -0.461 e. The summed E-state index contributed by atoms with van der Waals surface area (Å²) < 4.78 is 30.4. The van der Waals surface area contributed by atoms with Crippen molar-refractivity contribution < 1.29 is 18.3 Å². The molecule has 1 N–H and O–H groups in total. The molecular weight excluding hydrogens is 240 g/mol. The third-order valence-electron chi connectivity index (χ3n) is 3.11. The average Bonchev–Trinajstić information content (AvgIpc) is 2.86. The number of benzene rings is 1. The normalized spacial score (nSPS) is 23.3. The molecule has 5 heteroatoms. The highest BCUT2D eigenvalue weighted by Crippen LogP contribution is 2.25. The predicted octanol–water partition coefficient (Wildman–Crippen LogP) is 1.83. The van der Waals surface area contributed by atoms with Crippen molar-refractivity contribution in [1.82, 2.24) is 5.32 Å². The van der Waals surface area contributed by atoms with Gasteiger partial charge in [-0.15, -0.1) is 0 Å². The second-order valence-corrected chi connectivity index (χ2v) is 4.36. The summed E-state index contributed by atoms with van der Waals surface area (Å²) in [6, 6.07) is 9.18. The van der Waals surface area contributed by atoms with Crippen LogP contribution in [0, 0.1) is 11.8 Å². The summed E-state index contributed by atoms with van der Waals surface area (Å²) in [4.78, 5) is 11.7. The minimum atomic E-state index is -2.49. The van der Waals surface area contributed by atoms with Crippen LogP contribution in [0.2, 0.25) is 0 Å². The molecule has 1 heterocycles. The smallest absolute Gasteiger partial charge is 0.311 e. The number of alkyl halides is 2. The van der Waals surface area contributed by atoms with Gasteiger partial charge in [0.15, 0.2) is 0 Å². The van der Waals surface area contributed by atoms with Crippen molar-refractivity contribution in [3.05, 3.63) is 35.9 Å². The van der Waals surface area contributed by atoms with E-state index in [9.17, 15) is 13.6 Å². The molecule has 0 unspecified atom stereocenters. The highest BCUT2D eigenvalue weighted by molar-refractivity contribution is 5.73. The quantitative estimate of drug-likeness (QED) is 0.834. The Hall–Kier alpha value is -1.49. The molecule has 0 saturated carbocycles. The number of rotatable bonds is 4. The van der Waals surface area contributed by atoms with E-state index >= 15 is 0 Å². The van der Waals surface area contributed by atoms with Crippen LogP contribution in [-0.2, 0) is 16.1 Å². The average molecular weight is 255 g/mol. The highest BCUT2D eigenvalue weighted by atomic mass is 19.3. The lowest BCUT2D eigenvalue weighted by Crippen LogP contribution is -2.29. The molecular formula is C13H15F2NO2. The highest BCUT2D eigenvalue weighted by Gasteiger charge is 2.39. The second-order valence-electron chi connectivity index (χ2n) is 4.36. The van der Waals surface area contributed by atoms with E-state index in [1.165, 1.54) is 0 Å². The summed E-state index contributed by atoms with van der Waals surface area (Å²) in [5.41, 5.74) is 0.852. The third kappa shape index (κ3) is 3.04. The van der Waals surface area contributed by atoms with E-state index < -0.39 is 24.2 Å². The number of carbonyl (C=O) groups excluding carboxylic acids is 1. The molecule has 98 valence electrons. The summed E-state index contributed by atoms with van der Waals surface area (Å²) in [6.07, 6.45) is -2.49. The van der Waals surface area contributed by atoms with Crippen molar-refractivity contribution in [3.8, 4) is 0 Å². The van der Waals surface area contributed by atoms with Gasteiger partial charge in [-0.3, -0.25) is 4.79 Å². The molecule has 1 aliphatic rings. The standard InChI is InChI=1S/C13H15F2NO2/c14-12(15)10-6-16-7-11(10)13(17)18-8-9-4-2-1-3-5-9/h1-5,10-12,16H,6-8H2/t10-,11-/m1/s1. The van der Waals surface area contributed by atoms with E-state index in [0.29, 0.717) is 0 Å². The van der Waals surface area contributed by atoms with Crippen LogP contribution in [0.4, 0.5) is 8.78 Å². The van der Waals surface area contributed by atoms with Gasteiger partial charge in [-0.2, -0.15) is 0 Å². The second kappa shape index (κ2) is 5.91. The van der Waals surface area contributed by atoms with Gasteiger partial charge in [0, 0.05) is 19.0 Å². The van der Waals surface area contributed by atoms with E-state index in [1.807, 2.05) is 30.3 Å². The van der Waals surface area contributed by atoms with Crippen LogP contribution in [0.1, 0.15) is 5.56 Å². The van der Waals surface area contributed by atoms with Crippen molar-refractivity contribution in [2.45, 2.75) is 13.0 Å². The predicted molar refractivity (Wildman–Crippen MR) is 62.1 cm³/mol. The maximum Gasteiger partial charge on any atom is 0.311 e. The minimum absolute atomic E-state index is 0.131. The molecule has 1 aromatic rings. The fraction of sp³-hybridized carbons (Fsp3) is 0.462. The first-order valence-corrected chi connectivity index (χ1v) is 5.88. The fourth-order valence-corrected chi connectivity index (χ4v) is 2.06. The lowest BCUT2D eigenvalue weighted by Gasteiger charge is -2.16. The maximum absolute atomic E-state index is 12.7. The van der Waals surface area contributed by atoms with E-state index in [2.05, 4.69) is 5.32 Å². The first-order valence-electron chi connectivity index (χ1n) is 5.88. The van der Waals surface area contributed by atoms with Crippen LogP contribution in [0.25, 0.3) is 0 Å².